The topological polar surface area (TPSA) is 12.9 Å². The number of thiazole rings is 1. The first-order valence-electron chi connectivity index (χ1n) is 4.50. The molecule has 72 valence electrons. The lowest BCUT2D eigenvalue weighted by molar-refractivity contribution is 1.23. The Hall–Kier alpha value is -0.890. The molecule has 0 fully saturated rings. The zero-order valence-electron chi connectivity index (χ0n) is 8.79. The maximum atomic E-state index is 4.33. The summed E-state index contributed by atoms with van der Waals surface area (Å²) in [5.41, 5.74) is 0. The van der Waals surface area contributed by atoms with Crippen molar-refractivity contribution in [2.75, 3.05) is 0 Å². The van der Waals surface area contributed by atoms with Crippen LogP contribution in [0, 0.1) is 6.92 Å². The van der Waals surface area contributed by atoms with Crippen LogP contribution >= 0.6 is 11.3 Å². The van der Waals surface area contributed by atoms with Crippen molar-refractivity contribution in [3.63, 3.8) is 0 Å². The van der Waals surface area contributed by atoms with Gasteiger partial charge in [0.05, 0.1) is 14.9 Å². The number of aryl methyl sites for hydroxylation is 1. The molecule has 0 amide bonds. The van der Waals surface area contributed by atoms with Gasteiger partial charge in [0, 0.05) is 0 Å². The molecular formula is C11H17NS. The van der Waals surface area contributed by atoms with Gasteiger partial charge in [0.2, 0.25) is 0 Å². The third-order valence-electron chi connectivity index (χ3n) is 1.33. The van der Waals surface area contributed by atoms with Crippen LogP contribution in [-0.2, 0) is 0 Å². The number of nitrogens with zero attached hydrogens (tertiary/aromatic N) is 1. The Kier molecular flexibility index (Phi) is 6.15. The van der Waals surface area contributed by atoms with Gasteiger partial charge in [-0.2, -0.15) is 0 Å². The van der Waals surface area contributed by atoms with E-state index in [1.165, 1.54) is 4.53 Å². The minimum absolute atomic E-state index is 1.03. The molecule has 0 aromatic carbocycles. The van der Waals surface area contributed by atoms with E-state index in [1.54, 1.807) is 17.4 Å². The van der Waals surface area contributed by atoms with Crippen LogP contribution < -0.4 is 9.88 Å². The molecule has 0 aliphatic carbocycles. The molecule has 0 aliphatic rings. The van der Waals surface area contributed by atoms with Crippen molar-refractivity contribution in [1.82, 2.24) is 4.98 Å². The van der Waals surface area contributed by atoms with Gasteiger partial charge in [0.1, 0.15) is 0 Å². The van der Waals surface area contributed by atoms with E-state index in [1.807, 2.05) is 33.8 Å². The van der Waals surface area contributed by atoms with Crippen molar-refractivity contribution >= 4 is 23.5 Å². The zero-order valence-corrected chi connectivity index (χ0v) is 9.61. The fraction of sp³-hybridized carbons (Fsp3) is 0.364. The summed E-state index contributed by atoms with van der Waals surface area (Å²) in [6.07, 6.45) is 5.76. The lowest BCUT2D eigenvalue weighted by Crippen LogP contribution is -2.19. The van der Waals surface area contributed by atoms with Crippen LogP contribution in [0.5, 0.6) is 0 Å². The van der Waals surface area contributed by atoms with E-state index in [4.69, 9.17) is 0 Å². The van der Waals surface area contributed by atoms with Gasteiger partial charge in [-0.3, -0.25) is 0 Å². The molecule has 0 spiro atoms. The van der Waals surface area contributed by atoms with Gasteiger partial charge < -0.3 is 0 Å². The Morgan fingerprint density at radius 1 is 1.38 bits per heavy atom. The van der Waals surface area contributed by atoms with E-state index in [9.17, 15) is 0 Å². The minimum atomic E-state index is 1.03. The predicted molar refractivity (Wildman–Crippen MR) is 62.3 cm³/mol. The summed E-state index contributed by atoms with van der Waals surface area (Å²) in [5, 5.41) is 2.14. The monoisotopic (exact) mass is 195 g/mol. The largest absolute Gasteiger partial charge is 0.242 e. The highest BCUT2D eigenvalue weighted by Crippen LogP contribution is 1.89. The SMILES string of the molecule is C=C/C=c1/nc(C)s/c1=C/C.CC. The molecule has 1 aromatic rings. The van der Waals surface area contributed by atoms with Crippen LogP contribution in [0.4, 0.5) is 0 Å². The van der Waals surface area contributed by atoms with E-state index in [2.05, 4.69) is 17.6 Å². The first-order valence-corrected chi connectivity index (χ1v) is 5.32. The summed E-state index contributed by atoms with van der Waals surface area (Å²) in [6.45, 7) is 11.7. The Labute approximate surface area is 84.1 Å². The molecule has 1 heterocycles. The van der Waals surface area contributed by atoms with Crippen LogP contribution in [0.15, 0.2) is 12.7 Å². The maximum absolute atomic E-state index is 4.33. The highest BCUT2D eigenvalue weighted by molar-refractivity contribution is 7.09. The van der Waals surface area contributed by atoms with Gasteiger partial charge in [0.15, 0.2) is 0 Å². The molecule has 0 radical (unpaired) electrons. The summed E-state index contributed by atoms with van der Waals surface area (Å²) in [7, 11) is 0. The van der Waals surface area contributed by atoms with E-state index in [0.29, 0.717) is 0 Å². The van der Waals surface area contributed by atoms with Gasteiger partial charge >= 0.3 is 0 Å². The summed E-state index contributed by atoms with van der Waals surface area (Å²) in [4.78, 5) is 4.33. The van der Waals surface area contributed by atoms with Gasteiger partial charge in [-0.05, 0) is 19.9 Å². The average Bonchev–Trinajstić information content (AvgIpc) is 2.50. The van der Waals surface area contributed by atoms with Crippen LogP contribution in [0.1, 0.15) is 25.8 Å². The molecule has 0 saturated heterocycles. The van der Waals surface area contributed by atoms with Crippen LogP contribution in [0.3, 0.4) is 0 Å². The molecule has 0 N–H and O–H groups in total. The van der Waals surface area contributed by atoms with E-state index in [0.717, 1.165) is 10.4 Å². The number of hydrogen-bond donors (Lipinski definition) is 0. The predicted octanol–water partition coefficient (Wildman–Crippen LogP) is 2.24. The van der Waals surface area contributed by atoms with Gasteiger partial charge in [-0.1, -0.05) is 32.6 Å². The minimum Gasteiger partial charge on any atom is -0.242 e. The van der Waals surface area contributed by atoms with Gasteiger partial charge in [-0.25, -0.2) is 4.98 Å². The molecule has 0 atom stereocenters. The molecule has 1 aromatic heterocycles. The van der Waals surface area contributed by atoms with Crippen molar-refractivity contribution in [3.8, 4) is 0 Å². The summed E-state index contributed by atoms with van der Waals surface area (Å²) < 4.78 is 1.22. The molecule has 1 rings (SSSR count). The molecule has 1 nitrogen and oxygen atoms in total. The van der Waals surface area contributed by atoms with Crippen molar-refractivity contribution < 1.29 is 0 Å². The molecular weight excluding hydrogens is 178 g/mol. The highest BCUT2D eigenvalue weighted by Gasteiger charge is 1.90. The number of rotatable bonds is 1. The highest BCUT2D eigenvalue weighted by atomic mass is 32.1. The first kappa shape index (κ1) is 12.1. The Bertz CT molecular complexity index is 360. The van der Waals surface area contributed by atoms with E-state index in [-0.39, 0.29) is 0 Å². The summed E-state index contributed by atoms with van der Waals surface area (Å²) in [5.74, 6) is 0. The summed E-state index contributed by atoms with van der Waals surface area (Å²) >= 11 is 1.71. The van der Waals surface area contributed by atoms with Crippen molar-refractivity contribution in [1.29, 1.82) is 0 Å². The second kappa shape index (κ2) is 6.61. The number of aromatic nitrogens is 1. The third-order valence-corrected chi connectivity index (χ3v) is 2.38. The fourth-order valence-electron chi connectivity index (χ4n) is 0.897. The van der Waals surface area contributed by atoms with Gasteiger partial charge in [-0.15, -0.1) is 11.3 Å². The molecule has 0 saturated carbocycles. The molecule has 0 bridgehead atoms. The molecule has 0 unspecified atom stereocenters. The standard InChI is InChI=1S/C9H11NS.C2H6/c1-4-6-8-9(5-2)11-7(3)10-8;1-2/h4-6H,1H2,2-3H3;1-2H3/b8-6+,9-5+;. The van der Waals surface area contributed by atoms with Crippen LogP contribution in [-0.4, -0.2) is 4.98 Å². The van der Waals surface area contributed by atoms with Gasteiger partial charge in [0.25, 0.3) is 0 Å². The maximum Gasteiger partial charge on any atom is 0.0907 e. The average molecular weight is 195 g/mol. The first-order chi connectivity index (χ1) is 6.27. The van der Waals surface area contributed by atoms with E-state index >= 15 is 0 Å². The second-order valence-electron chi connectivity index (χ2n) is 2.17. The number of hydrogen-bond acceptors (Lipinski definition) is 2. The second-order valence-corrected chi connectivity index (χ2v) is 3.41. The quantitative estimate of drug-likeness (QED) is 0.670. The van der Waals surface area contributed by atoms with Crippen LogP contribution in [0.25, 0.3) is 12.2 Å². The molecule has 13 heavy (non-hydrogen) atoms. The Balaban J connectivity index is 0.000000671. The van der Waals surface area contributed by atoms with Crippen LogP contribution in [0.2, 0.25) is 0 Å². The normalized spacial score (nSPS) is 12.3. The van der Waals surface area contributed by atoms with Crippen molar-refractivity contribution in [3.05, 3.63) is 27.5 Å². The third kappa shape index (κ3) is 3.55. The zero-order chi connectivity index (χ0) is 10.3. The lowest BCUT2D eigenvalue weighted by Gasteiger charge is -1.71. The molecule has 2 heteroatoms. The summed E-state index contributed by atoms with van der Waals surface area (Å²) in [6, 6.07) is 0. The van der Waals surface area contributed by atoms with E-state index < -0.39 is 0 Å². The fourth-order valence-corrected chi connectivity index (χ4v) is 1.70. The Morgan fingerprint density at radius 3 is 2.46 bits per heavy atom. The van der Waals surface area contributed by atoms with Crippen molar-refractivity contribution in [2.24, 2.45) is 0 Å². The van der Waals surface area contributed by atoms with Crippen molar-refractivity contribution in [2.45, 2.75) is 27.7 Å². The smallest absolute Gasteiger partial charge is 0.0907 e. The number of allylic oxidation sites excluding steroid dienone is 1. The lowest BCUT2D eigenvalue weighted by atomic mass is 10.5. The Morgan fingerprint density at radius 2 is 2.00 bits per heavy atom. The molecule has 0 aliphatic heterocycles.